The summed E-state index contributed by atoms with van der Waals surface area (Å²) in [6.07, 6.45) is 1.73. The van der Waals surface area contributed by atoms with Gasteiger partial charge in [-0.15, -0.1) is 0 Å². The van der Waals surface area contributed by atoms with Crippen molar-refractivity contribution >= 4 is 16.7 Å². The summed E-state index contributed by atoms with van der Waals surface area (Å²) in [6, 6.07) is 5.06. The van der Waals surface area contributed by atoms with E-state index in [0.717, 1.165) is 31.4 Å². The van der Waals surface area contributed by atoms with Gasteiger partial charge in [-0.2, -0.15) is 13.2 Å². The Labute approximate surface area is 152 Å². The second-order valence-corrected chi connectivity index (χ2v) is 6.75. The number of rotatable bonds is 3. The highest BCUT2D eigenvalue weighted by atomic mass is 19.4. The van der Waals surface area contributed by atoms with Crippen molar-refractivity contribution in [1.29, 1.82) is 0 Å². The first-order chi connectivity index (χ1) is 12.8. The van der Waals surface area contributed by atoms with Crippen molar-refractivity contribution in [2.75, 3.05) is 5.32 Å². The molecule has 1 N–H and O–H groups in total. The Kier molecular flexibility index (Phi) is 4.13. The van der Waals surface area contributed by atoms with Crippen molar-refractivity contribution < 1.29 is 13.2 Å². The molecule has 4 rings (SSSR count). The maximum absolute atomic E-state index is 12.8. The molecule has 0 amide bonds. The molecule has 0 radical (unpaired) electrons. The smallest absolute Gasteiger partial charge is 0.367 e. The molecule has 140 valence electrons. The molecule has 1 fully saturated rings. The van der Waals surface area contributed by atoms with E-state index in [2.05, 4.69) is 15.3 Å². The summed E-state index contributed by atoms with van der Waals surface area (Å²) >= 11 is 0. The van der Waals surface area contributed by atoms with Gasteiger partial charge in [-0.1, -0.05) is 12.1 Å². The van der Waals surface area contributed by atoms with Crippen molar-refractivity contribution in [3.05, 3.63) is 52.7 Å². The maximum atomic E-state index is 12.8. The average molecular weight is 374 g/mol. The van der Waals surface area contributed by atoms with Crippen LogP contribution in [0.2, 0.25) is 0 Å². The molecule has 1 aromatic carbocycles. The van der Waals surface area contributed by atoms with Crippen LogP contribution in [-0.2, 0) is 13.2 Å². The quantitative estimate of drug-likeness (QED) is 0.753. The lowest BCUT2D eigenvalue weighted by Gasteiger charge is -2.27. The Morgan fingerprint density at radius 3 is 2.44 bits per heavy atom. The summed E-state index contributed by atoms with van der Waals surface area (Å²) in [5, 5.41) is 3.64. The second-order valence-electron chi connectivity index (χ2n) is 6.75. The fraction of sp³-hybridized carbons (Fsp3) is 0.316. The zero-order valence-corrected chi connectivity index (χ0v) is 14.5. The molecule has 5 nitrogen and oxygen atoms in total. The minimum atomic E-state index is -4.40. The lowest BCUT2D eigenvalue weighted by molar-refractivity contribution is -0.137. The number of anilines is 1. The number of aryl methyl sites for hydroxylation is 1. The number of nitrogens with zero attached hydrogens (tertiary/aromatic N) is 3. The predicted octanol–water partition coefficient (Wildman–Crippen LogP) is 3.98. The highest BCUT2D eigenvalue weighted by Gasteiger charge is 2.30. The van der Waals surface area contributed by atoms with Crippen molar-refractivity contribution in [1.82, 2.24) is 14.5 Å². The normalized spacial score (nSPS) is 15.0. The van der Waals surface area contributed by atoms with Crippen LogP contribution in [0.1, 0.15) is 24.8 Å². The fourth-order valence-electron chi connectivity index (χ4n) is 3.12. The first-order valence-electron chi connectivity index (χ1n) is 8.63. The molecule has 2 aromatic heterocycles. The largest absolute Gasteiger partial charge is 0.416 e. The Bertz CT molecular complexity index is 1050. The molecule has 0 saturated heterocycles. The Morgan fingerprint density at radius 2 is 1.85 bits per heavy atom. The van der Waals surface area contributed by atoms with Crippen molar-refractivity contribution in [3.8, 4) is 11.1 Å². The zero-order valence-electron chi connectivity index (χ0n) is 14.5. The summed E-state index contributed by atoms with van der Waals surface area (Å²) in [5.41, 5.74) is 0.500. The topological polar surface area (TPSA) is 59.8 Å². The SMILES string of the molecule is Cn1cnc2c(-c3ccc(C(F)(F)F)cc3)cnc(NC3CCC3)c2c1=O. The van der Waals surface area contributed by atoms with Gasteiger partial charge < -0.3 is 9.88 Å². The van der Waals surface area contributed by atoms with Gasteiger partial charge in [0, 0.05) is 24.8 Å². The standard InChI is InChI=1S/C19H17F3N4O/c1-26-10-24-16-14(11-5-7-12(8-6-11)19(20,21)22)9-23-17(15(16)18(26)27)25-13-3-2-4-13/h5-10,13H,2-4H2,1H3,(H,23,25). The Balaban J connectivity index is 1.85. The summed E-state index contributed by atoms with van der Waals surface area (Å²) in [7, 11) is 1.60. The molecule has 8 heteroatoms. The van der Waals surface area contributed by atoms with Crippen LogP contribution in [-0.4, -0.2) is 20.6 Å². The molecule has 1 aliphatic rings. The third kappa shape index (κ3) is 3.15. The molecule has 0 aliphatic heterocycles. The van der Waals surface area contributed by atoms with Crippen LogP contribution >= 0.6 is 0 Å². The number of benzene rings is 1. The minimum absolute atomic E-state index is 0.247. The lowest BCUT2D eigenvalue weighted by Crippen LogP contribution is -2.29. The highest BCUT2D eigenvalue weighted by Crippen LogP contribution is 2.33. The zero-order chi connectivity index (χ0) is 19.2. The van der Waals surface area contributed by atoms with Crippen molar-refractivity contribution in [2.45, 2.75) is 31.5 Å². The van der Waals surface area contributed by atoms with E-state index in [-0.39, 0.29) is 11.6 Å². The first kappa shape index (κ1) is 17.5. The maximum Gasteiger partial charge on any atom is 0.416 e. The molecular formula is C19H17F3N4O. The van der Waals surface area contributed by atoms with Crippen LogP contribution in [0.25, 0.3) is 22.0 Å². The van der Waals surface area contributed by atoms with Crippen molar-refractivity contribution in [2.24, 2.45) is 7.05 Å². The third-order valence-electron chi connectivity index (χ3n) is 4.91. The van der Waals surface area contributed by atoms with Gasteiger partial charge in [0.15, 0.2) is 0 Å². The van der Waals surface area contributed by atoms with E-state index in [9.17, 15) is 18.0 Å². The van der Waals surface area contributed by atoms with E-state index in [1.165, 1.54) is 23.0 Å². The number of pyridine rings is 1. The minimum Gasteiger partial charge on any atom is -0.367 e. The van der Waals surface area contributed by atoms with Crippen LogP contribution in [0.15, 0.2) is 41.6 Å². The van der Waals surface area contributed by atoms with E-state index < -0.39 is 11.7 Å². The molecule has 1 aliphatic carbocycles. The van der Waals surface area contributed by atoms with Crippen LogP contribution in [0, 0.1) is 0 Å². The molecule has 0 unspecified atom stereocenters. The van der Waals surface area contributed by atoms with Crippen molar-refractivity contribution in [3.63, 3.8) is 0 Å². The predicted molar refractivity (Wildman–Crippen MR) is 96.5 cm³/mol. The van der Waals surface area contributed by atoms with Gasteiger partial charge in [0.2, 0.25) is 0 Å². The number of aromatic nitrogens is 3. The van der Waals surface area contributed by atoms with Gasteiger partial charge in [0.25, 0.3) is 5.56 Å². The lowest BCUT2D eigenvalue weighted by atomic mass is 9.93. The molecule has 0 spiro atoms. The summed E-state index contributed by atoms with van der Waals surface area (Å²) < 4.78 is 39.8. The Morgan fingerprint density at radius 1 is 1.15 bits per heavy atom. The first-order valence-corrected chi connectivity index (χ1v) is 8.63. The molecule has 1 saturated carbocycles. The van der Waals surface area contributed by atoms with Gasteiger partial charge >= 0.3 is 6.18 Å². The van der Waals surface area contributed by atoms with Gasteiger partial charge in [-0.25, -0.2) is 9.97 Å². The summed E-state index contributed by atoms with van der Waals surface area (Å²) in [6.45, 7) is 0. The van der Waals surface area contributed by atoms with Gasteiger partial charge in [-0.3, -0.25) is 4.79 Å². The second kappa shape index (κ2) is 6.37. The summed E-state index contributed by atoms with van der Waals surface area (Å²) in [5.74, 6) is 0.471. The van der Waals surface area contributed by atoms with E-state index in [4.69, 9.17) is 0 Å². The molecule has 0 atom stereocenters. The van der Waals surface area contributed by atoms with Crippen LogP contribution < -0.4 is 10.9 Å². The monoisotopic (exact) mass is 374 g/mol. The van der Waals surface area contributed by atoms with Crippen LogP contribution in [0.3, 0.4) is 0 Å². The van der Waals surface area contributed by atoms with E-state index in [1.54, 1.807) is 13.2 Å². The number of nitrogens with one attached hydrogen (secondary N) is 1. The summed E-state index contributed by atoms with van der Waals surface area (Å²) in [4.78, 5) is 21.5. The number of hydrogen-bond donors (Lipinski definition) is 1. The number of hydrogen-bond acceptors (Lipinski definition) is 4. The average Bonchev–Trinajstić information content (AvgIpc) is 2.60. The van der Waals surface area contributed by atoms with E-state index in [0.29, 0.717) is 27.8 Å². The van der Waals surface area contributed by atoms with Gasteiger partial charge in [-0.05, 0) is 37.0 Å². The molecule has 3 aromatic rings. The van der Waals surface area contributed by atoms with E-state index >= 15 is 0 Å². The van der Waals surface area contributed by atoms with Crippen LogP contribution in [0.5, 0.6) is 0 Å². The molecule has 2 heterocycles. The molecular weight excluding hydrogens is 357 g/mol. The van der Waals surface area contributed by atoms with E-state index in [1.807, 2.05) is 0 Å². The number of halogens is 3. The van der Waals surface area contributed by atoms with Gasteiger partial charge in [0.1, 0.15) is 11.2 Å². The number of alkyl halides is 3. The molecule has 27 heavy (non-hydrogen) atoms. The molecule has 0 bridgehead atoms. The number of fused-ring (bicyclic) bond motifs is 1. The van der Waals surface area contributed by atoms with Crippen LogP contribution in [0.4, 0.5) is 19.0 Å². The third-order valence-corrected chi connectivity index (χ3v) is 4.91. The van der Waals surface area contributed by atoms with Gasteiger partial charge in [0.05, 0.1) is 17.4 Å². The Hall–Kier alpha value is -2.90. The highest BCUT2D eigenvalue weighted by molar-refractivity contribution is 5.98. The fourth-order valence-corrected chi connectivity index (χ4v) is 3.12.